The summed E-state index contributed by atoms with van der Waals surface area (Å²) in [6.07, 6.45) is 3.56. The van der Waals surface area contributed by atoms with Gasteiger partial charge in [-0.1, -0.05) is 0 Å². The lowest BCUT2D eigenvalue weighted by atomic mass is 10.1. The van der Waals surface area contributed by atoms with Crippen LogP contribution in [0.15, 0.2) is 18.3 Å². The van der Waals surface area contributed by atoms with Crippen molar-refractivity contribution in [2.45, 2.75) is 32.0 Å². The molecule has 0 amide bonds. The fraction of sp³-hybridized carbons (Fsp3) is 0.636. The first kappa shape index (κ1) is 9.74. The molecule has 0 aromatic carbocycles. The Bertz CT molecular complexity index is 295. The van der Waals surface area contributed by atoms with Gasteiger partial charge in [0.05, 0.1) is 6.10 Å². The van der Waals surface area contributed by atoms with Gasteiger partial charge in [-0.3, -0.25) is 0 Å². The number of ether oxygens (including phenoxy) is 1. The van der Waals surface area contributed by atoms with Crippen LogP contribution in [-0.4, -0.2) is 23.3 Å². The van der Waals surface area contributed by atoms with Crippen LogP contribution in [0.3, 0.4) is 0 Å². The zero-order valence-electron chi connectivity index (χ0n) is 8.86. The molecule has 1 aliphatic heterocycles. The van der Waals surface area contributed by atoms with Crippen LogP contribution in [0, 0.1) is 0 Å². The summed E-state index contributed by atoms with van der Waals surface area (Å²) in [4.78, 5) is 0. The second-order valence-electron chi connectivity index (χ2n) is 3.96. The maximum absolute atomic E-state index is 5.50. The van der Waals surface area contributed by atoms with Crippen molar-refractivity contribution in [3.8, 4) is 0 Å². The molecule has 14 heavy (non-hydrogen) atoms. The van der Waals surface area contributed by atoms with Gasteiger partial charge in [-0.15, -0.1) is 0 Å². The molecule has 1 saturated heterocycles. The molecule has 1 aromatic rings. The quantitative estimate of drug-likeness (QED) is 0.784. The van der Waals surface area contributed by atoms with Crippen LogP contribution < -0.4 is 5.32 Å². The van der Waals surface area contributed by atoms with Crippen molar-refractivity contribution in [2.75, 3.05) is 6.61 Å². The lowest BCUT2D eigenvalue weighted by molar-refractivity contribution is 0.113. The molecule has 2 unspecified atom stereocenters. The van der Waals surface area contributed by atoms with E-state index in [1.165, 1.54) is 5.69 Å². The Morgan fingerprint density at radius 3 is 3.07 bits per heavy atom. The first-order valence-electron chi connectivity index (χ1n) is 5.22. The smallest absolute Gasteiger partial charge is 0.0700 e. The van der Waals surface area contributed by atoms with Crippen LogP contribution in [0.2, 0.25) is 0 Å². The highest BCUT2D eigenvalue weighted by atomic mass is 16.5. The van der Waals surface area contributed by atoms with Crippen molar-refractivity contribution in [3.63, 3.8) is 0 Å². The Labute approximate surface area is 85.1 Å². The average Bonchev–Trinajstić information content (AvgIpc) is 2.72. The van der Waals surface area contributed by atoms with E-state index < -0.39 is 0 Å². The Hall–Kier alpha value is -0.800. The highest BCUT2D eigenvalue weighted by molar-refractivity contribution is 5.06. The fourth-order valence-corrected chi connectivity index (χ4v) is 1.92. The van der Waals surface area contributed by atoms with Crippen molar-refractivity contribution in [3.05, 3.63) is 24.0 Å². The summed E-state index contributed by atoms with van der Waals surface area (Å²) in [7, 11) is 2.07. The number of nitrogens with zero attached hydrogens (tertiary/aromatic N) is 1. The van der Waals surface area contributed by atoms with E-state index in [9.17, 15) is 0 Å². The molecule has 1 aliphatic rings. The van der Waals surface area contributed by atoms with Gasteiger partial charge in [-0.2, -0.15) is 0 Å². The third-order valence-electron chi connectivity index (χ3n) is 2.97. The van der Waals surface area contributed by atoms with Gasteiger partial charge in [0, 0.05) is 38.1 Å². The van der Waals surface area contributed by atoms with Gasteiger partial charge < -0.3 is 14.6 Å². The minimum absolute atomic E-state index is 0.357. The molecule has 0 saturated carbocycles. The molecule has 2 heterocycles. The Balaban J connectivity index is 1.85. The number of aromatic nitrogens is 1. The average molecular weight is 194 g/mol. The molecular weight excluding hydrogens is 176 g/mol. The van der Waals surface area contributed by atoms with Crippen LogP contribution in [0.4, 0.5) is 0 Å². The van der Waals surface area contributed by atoms with Crippen LogP contribution in [-0.2, 0) is 18.3 Å². The molecule has 1 aromatic heterocycles. The van der Waals surface area contributed by atoms with E-state index in [4.69, 9.17) is 4.74 Å². The van der Waals surface area contributed by atoms with Gasteiger partial charge in [-0.25, -0.2) is 0 Å². The molecule has 2 rings (SSSR count). The topological polar surface area (TPSA) is 26.2 Å². The number of rotatable bonds is 3. The SMILES string of the molecule is CC1OCCC1NCc1cccn1C. The molecule has 2 atom stereocenters. The number of aryl methyl sites for hydroxylation is 1. The lowest BCUT2D eigenvalue weighted by Crippen LogP contribution is -2.34. The highest BCUT2D eigenvalue weighted by Gasteiger charge is 2.23. The van der Waals surface area contributed by atoms with Gasteiger partial charge in [-0.05, 0) is 25.5 Å². The summed E-state index contributed by atoms with van der Waals surface area (Å²) in [5.74, 6) is 0. The van der Waals surface area contributed by atoms with Crippen molar-refractivity contribution in [1.82, 2.24) is 9.88 Å². The summed E-state index contributed by atoms with van der Waals surface area (Å²) in [6, 6.07) is 4.74. The summed E-state index contributed by atoms with van der Waals surface area (Å²) in [5, 5.41) is 3.53. The highest BCUT2D eigenvalue weighted by Crippen LogP contribution is 2.13. The number of hydrogen-bond donors (Lipinski definition) is 1. The van der Waals surface area contributed by atoms with Gasteiger partial charge in [0.1, 0.15) is 0 Å². The Morgan fingerprint density at radius 2 is 2.50 bits per heavy atom. The van der Waals surface area contributed by atoms with Crippen LogP contribution in [0.25, 0.3) is 0 Å². The van der Waals surface area contributed by atoms with Crippen molar-refractivity contribution >= 4 is 0 Å². The molecule has 0 bridgehead atoms. The molecule has 0 aliphatic carbocycles. The largest absolute Gasteiger partial charge is 0.377 e. The van der Waals surface area contributed by atoms with Gasteiger partial charge in [0.2, 0.25) is 0 Å². The fourth-order valence-electron chi connectivity index (χ4n) is 1.92. The number of hydrogen-bond acceptors (Lipinski definition) is 2. The van der Waals surface area contributed by atoms with Crippen molar-refractivity contribution in [1.29, 1.82) is 0 Å². The van der Waals surface area contributed by atoms with Crippen LogP contribution in [0.1, 0.15) is 19.0 Å². The van der Waals surface area contributed by atoms with Crippen molar-refractivity contribution < 1.29 is 4.74 Å². The molecule has 1 N–H and O–H groups in total. The monoisotopic (exact) mass is 194 g/mol. The minimum atomic E-state index is 0.357. The van der Waals surface area contributed by atoms with E-state index in [2.05, 4.69) is 42.2 Å². The molecule has 1 fully saturated rings. The normalized spacial score (nSPS) is 27.0. The second-order valence-corrected chi connectivity index (χ2v) is 3.96. The molecule has 0 radical (unpaired) electrons. The number of nitrogens with one attached hydrogen (secondary N) is 1. The third kappa shape index (κ3) is 1.99. The molecule has 3 heteroatoms. The Morgan fingerprint density at radius 1 is 1.64 bits per heavy atom. The first-order valence-corrected chi connectivity index (χ1v) is 5.22. The maximum atomic E-state index is 5.50. The van der Waals surface area contributed by atoms with Crippen LogP contribution in [0.5, 0.6) is 0 Å². The minimum Gasteiger partial charge on any atom is -0.377 e. The van der Waals surface area contributed by atoms with E-state index >= 15 is 0 Å². The van der Waals surface area contributed by atoms with E-state index in [1.54, 1.807) is 0 Å². The first-order chi connectivity index (χ1) is 6.77. The second kappa shape index (κ2) is 4.15. The third-order valence-corrected chi connectivity index (χ3v) is 2.97. The summed E-state index contributed by atoms with van der Waals surface area (Å²) >= 11 is 0. The van der Waals surface area contributed by atoms with E-state index in [0.29, 0.717) is 12.1 Å². The summed E-state index contributed by atoms with van der Waals surface area (Å²) in [6.45, 7) is 3.96. The Kier molecular flexibility index (Phi) is 2.89. The zero-order valence-corrected chi connectivity index (χ0v) is 8.86. The van der Waals surface area contributed by atoms with E-state index in [1.807, 2.05) is 0 Å². The summed E-state index contributed by atoms with van der Waals surface area (Å²) in [5.41, 5.74) is 1.32. The van der Waals surface area contributed by atoms with Crippen LogP contribution >= 0.6 is 0 Å². The summed E-state index contributed by atoms with van der Waals surface area (Å²) < 4.78 is 7.64. The van der Waals surface area contributed by atoms with E-state index in [0.717, 1.165) is 19.6 Å². The van der Waals surface area contributed by atoms with Gasteiger partial charge in [0.25, 0.3) is 0 Å². The molecule has 0 spiro atoms. The zero-order chi connectivity index (χ0) is 9.97. The predicted molar refractivity (Wildman–Crippen MR) is 56.1 cm³/mol. The van der Waals surface area contributed by atoms with Gasteiger partial charge in [0.15, 0.2) is 0 Å². The molecule has 78 valence electrons. The standard InChI is InChI=1S/C11H18N2O/c1-9-11(5-7-14-9)12-8-10-4-3-6-13(10)2/h3-4,6,9,11-12H,5,7-8H2,1-2H3. The van der Waals surface area contributed by atoms with Gasteiger partial charge >= 0.3 is 0 Å². The lowest BCUT2D eigenvalue weighted by Gasteiger charge is -2.16. The van der Waals surface area contributed by atoms with Crippen molar-refractivity contribution in [2.24, 2.45) is 7.05 Å². The molecular formula is C11H18N2O. The predicted octanol–water partition coefficient (Wildman–Crippen LogP) is 1.29. The van der Waals surface area contributed by atoms with E-state index in [-0.39, 0.29) is 0 Å². The maximum Gasteiger partial charge on any atom is 0.0700 e. The molecule has 3 nitrogen and oxygen atoms in total.